The summed E-state index contributed by atoms with van der Waals surface area (Å²) in [5.41, 5.74) is 1.91. The van der Waals surface area contributed by atoms with Gasteiger partial charge in [-0.3, -0.25) is 4.72 Å². The van der Waals surface area contributed by atoms with Gasteiger partial charge in [-0.05, 0) is 70.7 Å². The topological polar surface area (TPSA) is 87.7 Å². The summed E-state index contributed by atoms with van der Waals surface area (Å²) in [7, 11) is -3.72. The maximum atomic E-state index is 12.3. The smallest absolute Gasteiger partial charge is 0.410 e. The normalized spacial score (nSPS) is 18.0. The number of likely N-dealkylation sites (tertiary alicyclic amines) is 1. The number of hydrogen-bond donors (Lipinski definition) is 2. The largest absolute Gasteiger partial charge is 0.444 e. The van der Waals surface area contributed by atoms with Gasteiger partial charge in [0.1, 0.15) is 5.60 Å². The highest BCUT2D eigenvalue weighted by Crippen LogP contribution is 2.21. The van der Waals surface area contributed by atoms with E-state index in [0.29, 0.717) is 12.2 Å². The Balaban J connectivity index is 1.96. The van der Waals surface area contributed by atoms with E-state index in [1.54, 1.807) is 17.0 Å². The third kappa shape index (κ3) is 6.17. The molecule has 1 heterocycles. The van der Waals surface area contributed by atoms with Gasteiger partial charge < -0.3 is 9.64 Å². The van der Waals surface area contributed by atoms with Crippen LogP contribution in [0.4, 0.5) is 10.5 Å². The molecule has 0 saturated carbocycles. The molecule has 146 valence electrons. The third-order valence-corrected chi connectivity index (χ3v) is 5.04. The maximum absolute atomic E-state index is 12.3. The molecule has 0 aromatic heterocycles. The van der Waals surface area contributed by atoms with E-state index in [0.717, 1.165) is 24.0 Å². The molecule has 1 aromatic rings. The molecule has 2 N–H and O–H groups in total. The van der Waals surface area contributed by atoms with E-state index in [1.165, 1.54) is 0 Å². The Hall–Kier alpha value is -1.80. The molecule has 1 fully saturated rings. The SMILES string of the molecule is Cc1cc(C)cc(NS(=O)(=O)NC[C@@H]2CCCN2C(=O)OC(C)(C)C)c1. The second-order valence-corrected chi connectivity index (χ2v) is 9.30. The molecule has 1 saturated heterocycles. The van der Waals surface area contributed by atoms with Gasteiger partial charge >= 0.3 is 6.09 Å². The zero-order chi connectivity index (χ0) is 19.5. The van der Waals surface area contributed by atoms with E-state index in [2.05, 4.69) is 9.44 Å². The Bertz CT molecular complexity index is 736. The fraction of sp³-hybridized carbons (Fsp3) is 0.611. The van der Waals surface area contributed by atoms with Crippen molar-refractivity contribution in [2.45, 2.75) is 59.1 Å². The van der Waals surface area contributed by atoms with Crippen molar-refractivity contribution in [2.24, 2.45) is 0 Å². The number of nitrogens with one attached hydrogen (secondary N) is 2. The van der Waals surface area contributed by atoms with Gasteiger partial charge in [-0.25, -0.2) is 4.79 Å². The quantitative estimate of drug-likeness (QED) is 0.818. The number of carbonyl (C=O) groups excluding carboxylic acids is 1. The number of nitrogens with zero attached hydrogens (tertiary/aromatic N) is 1. The minimum absolute atomic E-state index is 0.152. The molecule has 1 aliphatic rings. The first-order chi connectivity index (χ1) is 12.0. The lowest BCUT2D eigenvalue weighted by Crippen LogP contribution is -2.46. The standard InChI is InChI=1S/C18H29N3O4S/c1-13-9-14(2)11-15(10-13)20-26(23,24)19-12-16-7-6-8-21(16)17(22)25-18(3,4)5/h9-11,16,19-20H,6-8,12H2,1-5H3/t16-/m0/s1. The lowest BCUT2D eigenvalue weighted by atomic mass is 10.1. The van der Waals surface area contributed by atoms with Crippen molar-refractivity contribution < 1.29 is 17.9 Å². The van der Waals surface area contributed by atoms with Crippen molar-refractivity contribution in [1.29, 1.82) is 0 Å². The number of benzene rings is 1. The molecule has 26 heavy (non-hydrogen) atoms. The molecular weight excluding hydrogens is 354 g/mol. The van der Waals surface area contributed by atoms with Crippen molar-refractivity contribution in [1.82, 2.24) is 9.62 Å². The second-order valence-electron chi connectivity index (χ2n) is 7.80. The molecule has 0 unspecified atom stereocenters. The van der Waals surface area contributed by atoms with Gasteiger partial charge in [0.2, 0.25) is 0 Å². The van der Waals surface area contributed by atoms with Crippen LogP contribution >= 0.6 is 0 Å². The monoisotopic (exact) mass is 383 g/mol. The number of amides is 1. The number of anilines is 1. The van der Waals surface area contributed by atoms with Crippen LogP contribution in [0.3, 0.4) is 0 Å². The first kappa shape index (κ1) is 20.5. The minimum Gasteiger partial charge on any atom is -0.444 e. The summed E-state index contributed by atoms with van der Waals surface area (Å²) in [6.45, 7) is 9.99. The van der Waals surface area contributed by atoms with Crippen LogP contribution < -0.4 is 9.44 Å². The number of aryl methyl sites for hydroxylation is 2. The third-order valence-electron chi connectivity index (χ3n) is 3.99. The summed E-state index contributed by atoms with van der Waals surface area (Å²) in [5, 5.41) is 0. The van der Waals surface area contributed by atoms with Gasteiger partial charge in [0.05, 0.1) is 5.69 Å². The summed E-state index contributed by atoms with van der Waals surface area (Å²) in [5.74, 6) is 0. The van der Waals surface area contributed by atoms with Gasteiger partial charge in [-0.15, -0.1) is 0 Å². The van der Waals surface area contributed by atoms with E-state index in [9.17, 15) is 13.2 Å². The predicted molar refractivity (Wildman–Crippen MR) is 102 cm³/mol. The molecule has 7 nitrogen and oxygen atoms in total. The van der Waals surface area contributed by atoms with E-state index >= 15 is 0 Å². The predicted octanol–water partition coefficient (Wildman–Crippen LogP) is 2.95. The zero-order valence-electron chi connectivity index (χ0n) is 16.1. The lowest BCUT2D eigenvalue weighted by molar-refractivity contribution is 0.0229. The highest BCUT2D eigenvalue weighted by Gasteiger charge is 2.32. The molecule has 0 spiro atoms. The van der Waals surface area contributed by atoms with Gasteiger partial charge in [0, 0.05) is 19.1 Å². The molecule has 2 rings (SSSR count). The van der Waals surface area contributed by atoms with Crippen LogP contribution in [0, 0.1) is 13.8 Å². The van der Waals surface area contributed by atoms with Crippen molar-refractivity contribution in [3.8, 4) is 0 Å². The summed E-state index contributed by atoms with van der Waals surface area (Å²) in [6, 6.07) is 5.31. The van der Waals surface area contributed by atoms with Gasteiger partial charge in [-0.1, -0.05) is 6.07 Å². The van der Waals surface area contributed by atoms with E-state index in [4.69, 9.17) is 4.74 Å². The fourth-order valence-electron chi connectivity index (χ4n) is 3.04. The van der Waals surface area contributed by atoms with Crippen LogP contribution in [0.25, 0.3) is 0 Å². The molecule has 1 aromatic carbocycles. The molecule has 8 heteroatoms. The number of carbonyl (C=O) groups is 1. The molecule has 1 atom stereocenters. The van der Waals surface area contributed by atoms with Crippen LogP contribution in [-0.4, -0.2) is 44.1 Å². The highest BCUT2D eigenvalue weighted by molar-refractivity contribution is 7.90. The van der Waals surface area contributed by atoms with Crippen molar-refractivity contribution in [3.63, 3.8) is 0 Å². The van der Waals surface area contributed by atoms with Crippen LogP contribution in [0.15, 0.2) is 18.2 Å². The van der Waals surface area contributed by atoms with Gasteiger partial charge in [0.25, 0.3) is 10.2 Å². The molecule has 0 radical (unpaired) electrons. The van der Waals surface area contributed by atoms with E-state index < -0.39 is 21.9 Å². The molecule has 0 bridgehead atoms. The number of hydrogen-bond acceptors (Lipinski definition) is 4. The first-order valence-corrected chi connectivity index (χ1v) is 10.3. The fourth-order valence-corrected chi connectivity index (χ4v) is 3.95. The van der Waals surface area contributed by atoms with E-state index in [1.807, 2.05) is 40.7 Å². The minimum atomic E-state index is -3.72. The average Bonchev–Trinajstić information content (AvgIpc) is 2.90. The van der Waals surface area contributed by atoms with Gasteiger partial charge in [-0.2, -0.15) is 13.1 Å². The van der Waals surface area contributed by atoms with Crippen LogP contribution in [-0.2, 0) is 14.9 Å². The van der Waals surface area contributed by atoms with Crippen molar-refractivity contribution >= 4 is 22.0 Å². The van der Waals surface area contributed by atoms with E-state index in [-0.39, 0.29) is 12.6 Å². The summed E-state index contributed by atoms with van der Waals surface area (Å²) >= 11 is 0. The number of ether oxygens (including phenoxy) is 1. The molecular formula is C18H29N3O4S. The highest BCUT2D eigenvalue weighted by atomic mass is 32.2. The van der Waals surface area contributed by atoms with Crippen LogP contribution in [0.5, 0.6) is 0 Å². The Kier molecular flexibility index (Phi) is 6.18. The Morgan fingerprint density at radius 1 is 1.23 bits per heavy atom. The Morgan fingerprint density at radius 3 is 2.42 bits per heavy atom. The molecule has 1 amide bonds. The Labute approximate surface area is 156 Å². The Morgan fingerprint density at radius 2 is 1.85 bits per heavy atom. The summed E-state index contributed by atoms with van der Waals surface area (Å²) in [4.78, 5) is 13.9. The average molecular weight is 384 g/mol. The van der Waals surface area contributed by atoms with Crippen LogP contribution in [0.2, 0.25) is 0 Å². The first-order valence-electron chi connectivity index (χ1n) is 8.80. The van der Waals surface area contributed by atoms with Crippen LogP contribution in [0.1, 0.15) is 44.7 Å². The molecule has 0 aliphatic carbocycles. The molecule has 1 aliphatic heterocycles. The van der Waals surface area contributed by atoms with Crippen molar-refractivity contribution in [3.05, 3.63) is 29.3 Å². The lowest BCUT2D eigenvalue weighted by Gasteiger charge is -2.28. The number of rotatable bonds is 5. The maximum Gasteiger partial charge on any atom is 0.410 e. The van der Waals surface area contributed by atoms with Gasteiger partial charge in [0.15, 0.2) is 0 Å². The summed E-state index contributed by atoms with van der Waals surface area (Å²) in [6.07, 6.45) is 1.17. The van der Waals surface area contributed by atoms with Crippen molar-refractivity contribution in [2.75, 3.05) is 17.8 Å². The zero-order valence-corrected chi connectivity index (χ0v) is 16.9. The summed E-state index contributed by atoms with van der Waals surface area (Å²) < 4.78 is 35.1. The second kappa shape index (κ2) is 7.84.